The number of amides is 2. The fourth-order valence-corrected chi connectivity index (χ4v) is 4.98. The van der Waals surface area contributed by atoms with E-state index in [4.69, 9.17) is 21.1 Å². The average molecular weight is 510 g/mol. The van der Waals surface area contributed by atoms with Crippen LogP contribution in [0.25, 0.3) is 0 Å². The Morgan fingerprint density at radius 2 is 1.74 bits per heavy atom. The molecule has 1 aliphatic rings. The first kappa shape index (κ1) is 26.0. The van der Waals surface area contributed by atoms with Crippen molar-refractivity contribution in [3.8, 4) is 5.75 Å². The molecule has 0 saturated carbocycles. The lowest BCUT2D eigenvalue weighted by Crippen LogP contribution is -2.48. The Balaban J connectivity index is 1.67. The quantitative estimate of drug-likeness (QED) is 0.553. The van der Waals surface area contributed by atoms with Gasteiger partial charge in [-0.25, -0.2) is 8.42 Å². The van der Waals surface area contributed by atoms with Crippen molar-refractivity contribution in [2.24, 2.45) is 0 Å². The number of hydrogen-bond donors (Lipinski definition) is 1. The third-order valence-corrected chi connectivity index (χ3v) is 7.64. The van der Waals surface area contributed by atoms with Crippen LogP contribution in [0, 0.1) is 0 Å². The summed E-state index contributed by atoms with van der Waals surface area (Å²) in [4.78, 5) is 26.7. The molecule has 9 nitrogen and oxygen atoms in total. The van der Waals surface area contributed by atoms with Gasteiger partial charge >= 0.3 is 0 Å². The fourth-order valence-electron chi connectivity index (χ4n) is 3.45. The third-order valence-electron chi connectivity index (χ3n) is 5.47. The van der Waals surface area contributed by atoms with E-state index in [1.54, 1.807) is 31.2 Å². The molecule has 1 fully saturated rings. The molecule has 0 aromatic heterocycles. The zero-order valence-electron chi connectivity index (χ0n) is 19.1. The first-order valence-corrected chi connectivity index (χ1v) is 12.6. The maximum atomic E-state index is 13.0. The molecular formula is C23H28ClN3O6S. The van der Waals surface area contributed by atoms with Crippen molar-refractivity contribution in [1.82, 2.24) is 14.5 Å². The Morgan fingerprint density at radius 3 is 2.32 bits per heavy atom. The molecule has 2 aromatic carbocycles. The van der Waals surface area contributed by atoms with E-state index < -0.39 is 22.0 Å². The van der Waals surface area contributed by atoms with E-state index in [0.717, 1.165) is 5.56 Å². The Labute approximate surface area is 204 Å². The lowest BCUT2D eigenvalue weighted by Gasteiger charge is -2.28. The van der Waals surface area contributed by atoms with Crippen LogP contribution in [0.4, 0.5) is 0 Å². The molecule has 1 heterocycles. The van der Waals surface area contributed by atoms with Crippen LogP contribution >= 0.6 is 11.6 Å². The summed E-state index contributed by atoms with van der Waals surface area (Å²) in [6.45, 7) is 2.87. The normalized spacial score (nSPS) is 15.4. The summed E-state index contributed by atoms with van der Waals surface area (Å²) in [6, 6.07) is 12.2. The second-order valence-corrected chi connectivity index (χ2v) is 10.1. The number of halogens is 1. The first-order valence-electron chi connectivity index (χ1n) is 10.8. The second-order valence-electron chi connectivity index (χ2n) is 7.71. The molecule has 2 amide bonds. The minimum atomic E-state index is -3.62. The van der Waals surface area contributed by atoms with Gasteiger partial charge in [0.15, 0.2) is 6.61 Å². The zero-order chi connectivity index (χ0) is 24.7. The molecule has 1 atom stereocenters. The van der Waals surface area contributed by atoms with Crippen molar-refractivity contribution in [3.63, 3.8) is 0 Å². The molecule has 0 radical (unpaired) electrons. The minimum absolute atomic E-state index is 0.144. The van der Waals surface area contributed by atoms with Gasteiger partial charge in [-0.05, 0) is 48.9 Å². The lowest BCUT2D eigenvalue weighted by atomic mass is 10.1. The SMILES string of the molecule is CNC(=O)[C@@H](C)N(Cc1ccc(Cl)cc1)C(=O)COc1ccc(S(=O)(=O)N2CCOCC2)cc1. The Bertz CT molecular complexity index is 1090. The van der Waals surface area contributed by atoms with Gasteiger partial charge in [0.05, 0.1) is 18.1 Å². The van der Waals surface area contributed by atoms with Gasteiger partial charge in [0.2, 0.25) is 15.9 Å². The fraction of sp³-hybridized carbons (Fsp3) is 0.391. The van der Waals surface area contributed by atoms with Crippen LogP contribution in [0.2, 0.25) is 5.02 Å². The van der Waals surface area contributed by atoms with Gasteiger partial charge in [-0.15, -0.1) is 0 Å². The Kier molecular flexibility index (Phi) is 8.90. The van der Waals surface area contributed by atoms with Crippen molar-refractivity contribution in [2.45, 2.75) is 24.4 Å². The van der Waals surface area contributed by atoms with Crippen LogP contribution in [-0.2, 0) is 30.9 Å². The van der Waals surface area contributed by atoms with Crippen molar-refractivity contribution in [2.75, 3.05) is 40.0 Å². The van der Waals surface area contributed by atoms with Crippen molar-refractivity contribution in [1.29, 1.82) is 0 Å². The molecule has 0 spiro atoms. The second kappa shape index (κ2) is 11.7. The molecule has 0 aliphatic carbocycles. The summed E-state index contributed by atoms with van der Waals surface area (Å²) in [7, 11) is -2.11. The maximum absolute atomic E-state index is 13.0. The molecule has 11 heteroatoms. The monoisotopic (exact) mass is 509 g/mol. The van der Waals surface area contributed by atoms with E-state index in [2.05, 4.69) is 5.32 Å². The van der Waals surface area contributed by atoms with Crippen LogP contribution in [0.1, 0.15) is 12.5 Å². The zero-order valence-corrected chi connectivity index (χ0v) is 20.6. The van der Waals surface area contributed by atoms with Gasteiger partial charge in [0.1, 0.15) is 11.8 Å². The number of sulfonamides is 1. The number of benzene rings is 2. The molecule has 0 unspecified atom stereocenters. The number of likely N-dealkylation sites (N-methyl/N-ethyl adjacent to an activating group) is 1. The predicted octanol–water partition coefficient (Wildman–Crippen LogP) is 1.90. The van der Waals surface area contributed by atoms with Crippen molar-refractivity contribution >= 4 is 33.4 Å². The maximum Gasteiger partial charge on any atom is 0.261 e. The number of carbonyl (C=O) groups excluding carboxylic acids is 2. The predicted molar refractivity (Wildman–Crippen MR) is 127 cm³/mol. The van der Waals surface area contributed by atoms with E-state index in [1.807, 2.05) is 0 Å². The van der Waals surface area contributed by atoms with Crippen LogP contribution in [0.15, 0.2) is 53.4 Å². The van der Waals surface area contributed by atoms with Gasteiger partial charge in [0, 0.05) is 31.7 Å². The number of ether oxygens (including phenoxy) is 2. The highest BCUT2D eigenvalue weighted by Crippen LogP contribution is 2.21. The van der Waals surface area contributed by atoms with E-state index in [-0.39, 0.29) is 24.0 Å². The summed E-state index contributed by atoms with van der Waals surface area (Å²) in [5.41, 5.74) is 0.811. The highest BCUT2D eigenvalue weighted by molar-refractivity contribution is 7.89. The summed E-state index contributed by atoms with van der Waals surface area (Å²) < 4.78 is 37.7. The van der Waals surface area contributed by atoms with E-state index in [1.165, 1.54) is 40.5 Å². The van der Waals surface area contributed by atoms with Crippen LogP contribution in [0.5, 0.6) is 5.75 Å². The third kappa shape index (κ3) is 6.47. The molecule has 3 rings (SSSR count). The van der Waals surface area contributed by atoms with Crippen LogP contribution < -0.4 is 10.1 Å². The van der Waals surface area contributed by atoms with E-state index >= 15 is 0 Å². The van der Waals surface area contributed by atoms with Crippen LogP contribution in [0.3, 0.4) is 0 Å². The average Bonchev–Trinajstić information content (AvgIpc) is 2.86. The molecule has 1 N–H and O–H groups in total. The van der Waals surface area contributed by atoms with Gasteiger partial charge in [0.25, 0.3) is 5.91 Å². The van der Waals surface area contributed by atoms with E-state index in [0.29, 0.717) is 37.1 Å². The molecule has 1 saturated heterocycles. The summed E-state index contributed by atoms with van der Waals surface area (Å²) in [6.07, 6.45) is 0. The topological polar surface area (TPSA) is 105 Å². The largest absolute Gasteiger partial charge is 0.484 e. The Hall–Kier alpha value is -2.66. The lowest BCUT2D eigenvalue weighted by molar-refractivity contribution is -0.142. The highest BCUT2D eigenvalue weighted by atomic mass is 35.5. The number of rotatable bonds is 9. The Morgan fingerprint density at radius 1 is 1.12 bits per heavy atom. The highest BCUT2D eigenvalue weighted by Gasteiger charge is 2.27. The summed E-state index contributed by atoms with van der Waals surface area (Å²) >= 11 is 5.94. The van der Waals surface area contributed by atoms with Gasteiger partial charge in [-0.2, -0.15) is 4.31 Å². The number of hydrogen-bond acceptors (Lipinski definition) is 6. The van der Waals surface area contributed by atoms with E-state index in [9.17, 15) is 18.0 Å². The first-order chi connectivity index (χ1) is 16.2. The number of nitrogens with one attached hydrogen (secondary N) is 1. The van der Waals surface area contributed by atoms with Crippen molar-refractivity contribution < 1.29 is 27.5 Å². The molecular weight excluding hydrogens is 482 g/mol. The summed E-state index contributed by atoms with van der Waals surface area (Å²) in [5, 5.41) is 3.13. The number of morpholine rings is 1. The molecule has 184 valence electrons. The minimum Gasteiger partial charge on any atom is -0.484 e. The molecule has 2 aromatic rings. The van der Waals surface area contributed by atoms with Crippen molar-refractivity contribution in [3.05, 3.63) is 59.1 Å². The molecule has 34 heavy (non-hydrogen) atoms. The molecule has 1 aliphatic heterocycles. The number of carbonyl (C=O) groups is 2. The number of nitrogens with zero attached hydrogens (tertiary/aromatic N) is 2. The van der Waals surface area contributed by atoms with Gasteiger partial charge < -0.3 is 19.7 Å². The standard InChI is InChI=1S/C23H28ClN3O6S/c1-17(23(29)25-2)27(15-18-3-5-19(24)6-4-18)22(28)16-33-20-7-9-21(10-8-20)34(30,31)26-11-13-32-14-12-26/h3-10,17H,11-16H2,1-2H3,(H,25,29)/t17-/m1/s1. The molecule has 0 bridgehead atoms. The summed E-state index contributed by atoms with van der Waals surface area (Å²) in [5.74, 6) is -0.357. The van der Waals surface area contributed by atoms with Gasteiger partial charge in [-0.3, -0.25) is 9.59 Å². The van der Waals surface area contributed by atoms with Gasteiger partial charge in [-0.1, -0.05) is 23.7 Å². The smallest absolute Gasteiger partial charge is 0.261 e. The van der Waals surface area contributed by atoms with Crippen LogP contribution in [-0.4, -0.2) is 75.4 Å².